The molecule has 0 bridgehead atoms. The number of ether oxygens (including phenoxy) is 3. The van der Waals surface area contributed by atoms with E-state index >= 15 is 0 Å². The van der Waals surface area contributed by atoms with Crippen LogP contribution in [0.3, 0.4) is 0 Å². The second-order valence-corrected chi connectivity index (χ2v) is 10.9. The summed E-state index contributed by atoms with van der Waals surface area (Å²) >= 11 is 0. The van der Waals surface area contributed by atoms with Gasteiger partial charge in [-0.3, -0.25) is 0 Å². The number of para-hydroxylation sites is 1. The van der Waals surface area contributed by atoms with Crippen LogP contribution >= 0.6 is 0 Å². The van der Waals surface area contributed by atoms with Crippen LogP contribution < -0.4 is 25.4 Å². The zero-order valence-corrected chi connectivity index (χ0v) is 24.8. The van der Waals surface area contributed by atoms with Gasteiger partial charge in [-0.1, -0.05) is 18.2 Å². The van der Waals surface area contributed by atoms with Gasteiger partial charge in [0.25, 0.3) is 0 Å². The van der Waals surface area contributed by atoms with Crippen molar-refractivity contribution in [2.75, 3.05) is 70.6 Å². The summed E-state index contributed by atoms with van der Waals surface area (Å²) in [5, 5.41) is 36.9. The summed E-state index contributed by atoms with van der Waals surface area (Å²) in [6.45, 7) is 2.71. The minimum atomic E-state index is -3.68. The van der Waals surface area contributed by atoms with Crippen LogP contribution in [0.1, 0.15) is 11.1 Å². The van der Waals surface area contributed by atoms with Gasteiger partial charge in [-0.2, -0.15) is 5.26 Å². The number of benzene rings is 2. The molecule has 0 aliphatic heterocycles. The topological polar surface area (TPSA) is 180 Å². The lowest BCUT2D eigenvalue weighted by Crippen LogP contribution is -2.19. The molecular weight excluding hydrogens is 562 g/mol. The van der Waals surface area contributed by atoms with Crippen molar-refractivity contribution < 1.29 is 27.7 Å². The second-order valence-electron chi connectivity index (χ2n) is 8.82. The molecule has 0 aliphatic carbocycles. The first-order valence-electron chi connectivity index (χ1n) is 13.0. The molecule has 3 rings (SSSR count). The molecule has 0 radical (unpaired) electrons. The summed E-state index contributed by atoms with van der Waals surface area (Å²) < 4.78 is 42.0. The van der Waals surface area contributed by atoms with E-state index in [4.69, 9.17) is 19.3 Å². The number of pyridine rings is 1. The summed E-state index contributed by atoms with van der Waals surface area (Å²) in [5.41, 5.74) is 2.02. The molecule has 4 N–H and O–H groups in total. The van der Waals surface area contributed by atoms with Crippen molar-refractivity contribution in [3.8, 4) is 17.6 Å². The highest BCUT2D eigenvalue weighted by Gasteiger charge is 2.23. The van der Waals surface area contributed by atoms with Crippen molar-refractivity contribution in [2.45, 2.75) is 11.8 Å². The Kier molecular flexibility index (Phi) is 12.0. The minimum Gasteiger partial charge on any atom is -0.495 e. The van der Waals surface area contributed by atoms with E-state index in [-0.39, 0.29) is 59.8 Å². The van der Waals surface area contributed by atoms with Gasteiger partial charge in [0, 0.05) is 36.5 Å². The smallest absolute Gasteiger partial charge is 0.183 e. The van der Waals surface area contributed by atoms with Crippen molar-refractivity contribution in [1.82, 2.24) is 10.3 Å². The highest BCUT2D eigenvalue weighted by Crippen LogP contribution is 2.40. The first-order valence-corrected chi connectivity index (χ1v) is 14.7. The molecule has 0 fully saturated rings. The molecule has 1 heterocycles. The van der Waals surface area contributed by atoms with Crippen molar-refractivity contribution >= 4 is 38.5 Å². The van der Waals surface area contributed by atoms with Gasteiger partial charge in [0.15, 0.2) is 21.5 Å². The lowest BCUT2D eigenvalue weighted by molar-refractivity contribution is 0.0992. The van der Waals surface area contributed by atoms with Gasteiger partial charge in [0.1, 0.15) is 33.8 Å². The molecule has 42 heavy (non-hydrogen) atoms. The van der Waals surface area contributed by atoms with Gasteiger partial charge in [-0.05, 0) is 26.1 Å². The fourth-order valence-electron chi connectivity index (χ4n) is 3.86. The molecule has 1 aromatic heterocycles. The average Bonchev–Trinajstić information content (AvgIpc) is 2.99. The Bertz CT molecular complexity index is 1530. The third-order valence-electron chi connectivity index (χ3n) is 6.02. The van der Waals surface area contributed by atoms with Crippen LogP contribution in [0.15, 0.2) is 57.6 Å². The molecule has 0 amide bonds. The maximum atomic E-state index is 12.9. The molecular formula is C28H35N7O6S. The molecule has 2 aromatic carbocycles. The Labute approximate surface area is 245 Å². The Morgan fingerprint density at radius 1 is 1.02 bits per heavy atom. The van der Waals surface area contributed by atoms with Crippen LogP contribution in [-0.2, 0) is 14.6 Å². The summed E-state index contributed by atoms with van der Waals surface area (Å²) in [4.78, 5) is 4.61. The number of azo groups is 1. The highest BCUT2D eigenvalue weighted by molar-refractivity contribution is 7.91. The predicted molar refractivity (Wildman–Crippen MR) is 160 cm³/mol. The number of aliphatic hydroxyl groups excluding tert-OH is 1. The van der Waals surface area contributed by atoms with Crippen LogP contribution in [0.5, 0.6) is 11.5 Å². The van der Waals surface area contributed by atoms with E-state index in [1.54, 1.807) is 14.0 Å². The molecule has 0 saturated heterocycles. The number of aromatic nitrogens is 1. The fraction of sp³-hybridized carbons (Fsp3) is 0.357. The lowest BCUT2D eigenvalue weighted by atomic mass is 10.1. The normalized spacial score (nSPS) is 11.3. The molecule has 0 unspecified atom stereocenters. The van der Waals surface area contributed by atoms with E-state index in [9.17, 15) is 13.7 Å². The number of rotatable bonds is 16. The zero-order valence-electron chi connectivity index (χ0n) is 24.0. The van der Waals surface area contributed by atoms with Crippen molar-refractivity contribution in [1.29, 1.82) is 5.26 Å². The largest absolute Gasteiger partial charge is 0.495 e. The van der Waals surface area contributed by atoms with Crippen molar-refractivity contribution in [2.24, 2.45) is 10.2 Å². The molecule has 14 heteroatoms. The Morgan fingerprint density at radius 3 is 2.40 bits per heavy atom. The average molecular weight is 598 g/mol. The van der Waals surface area contributed by atoms with Gasteiger partial charge in [0.2, 0.25) is 0 Å². The number of nitriles is 1. The van der Waals surface area contributed by atoms with Crippen LogP contribution in [0.2, 0.25) is 0 Å². The van der Waals surface area contributed by atoms with Gasteiger partial charge in [0.05, 0.1) is 45.4 Å². The van der Waals surface area contributed by atoms with E-state index in [1.807, 2.05) is 30.3 Å². The molecule has 13 nitrogen and oxygen atoms in total. The Hall–Kier alpha value is -4.29. The number of anilines is 3. The SMILES string of the molecule is CNCCS(=O)(=O)c1cc(OC)c(N=Nc2c(NCCOCCO)nc(Nc3ccccc3)c(C#N)c2C)cc1OC. The standard InChI is InChI=1S/C28H35N7O6S/c1-19-21(18-29)27(32-20-8-6-5-7-9-20)33-28(31-10-13-41-14-12-36)26(19)35-34-22-16-24(40-4)25(17-23(22)39-3)42(37,38)15-11-30-2/h5-9,16-17,30,36H,10-15H2,1-4H3,(H2,31,32,33). The van der Waals surface area contributed by atoms with Crippen molar-refractivity contribution in [3.05, 3.63) is 53.6 Å². The van der Waals surface area contributed by atoms with Crippen LogP contribution in [0, 0.1) is 18.3 Å². The quantitative estimate of drug-likeness (QED) is 0.139. The van der Waals surface area contributed by atoms with Crippen LogP contribution in [0.25, 0.3) is 0 Å². The highest BCUT2D eigenvalue weighted by atomic mass is 32.2. The summed E-state index contributed by atoms with van der Waals surface area (Å²) in [5.74, 6) is 0.789. The van der Waals surface area contributed by atoms with E-state index in [0.29, 0.717) is 29.4 Å². The molecule has 0 spiro atoms. The predicted octanol–water partition coefficient (Wildman–Crippen LogP) is 3.85. The summed E-state index contributed by atoms with van der Waals surface area (Å²) in [6.07, 6.45) is 0. The maximum Gasteiger partial charge on any atom is 0.183 e. The Morgan fingerprint density at radius 2 is 1.76 bits per heavy atom. The van der Waals surface area contributed by atoms with E-state index in [1.165, 1.54) is 26.4 Å². The van der Waals surface area contributed by atoms with Gasteiger partial charge >= 0.3 is 0 Å². The first kappa shape index (κ1) is 32.2. The molecule has 0 saturated carbocycles. The number of nitrogens with zero attached hydrogens (tertiary/aromatic N) is 4. The summed E-state index contributed by atoms with van der Waals surface area (Å²) in [7, 11) is 0.751. The number of hydrogen-bond donors (Lipinski definition) is 4. The van der Waals surface area contributed by atoms with Gasteiger partial charge in [-0.15, -0.1) is 10.2 Å². The minimum absolute atomic E-state index is 0.0257. The third-order valence-corrected chi connectivity index (χ3v) is 7.75. The number of sulfone groups is 1. The van der Waals surface area contributed by atoms with Crippen molar-refractivity contribution in [3.63, 3.8) is 0 Å². The number of nitrogens with one attached hydrogen (secondary N) is 3. The molecule has 3 aromatic rings. The second kappa shape index (κ2) is 15.6. The van der Waals surface area contributed by atoms with E-state index in [0.717, 1.165) is 5.69 Å². The van der Waals surface area contributed by atoms with Gasteiger partial charge in [-0.25, -0.2) is 13.4 Å². The molecule has 224 valence electrons. The number of aliphatic hydroxyl groups is 1. The van der Waals surface area contributed by atoms with E-state index < -0.39 is 9.84 Å². The summed E-state index contributed by atoms with van der Waals surface area (Å²) in [6, 6.07) is 14.3. The van der Waals surface area contributed by atoms with Crippen LogP contribution in [0.4, 0.5) is 28.7 Å². The maximum absolute atomic E-state index is 12.9. The number of methoxy groups -OCH3 is 2. The van der Waals surface area contributed by atoms with E-state index in [2.05, 4.69) is 37.2 Å². The molecule has 0 aliphatic rings. The Balaban J connectivity index is 2.08. The monoisotopic (exact) mass is 597 g/mol. The lowest BCUT2D eigenvalue weighted by Gasteiger charge is -2.16. The third kappa shape index (κ3) is 8.14. The van der Waals surface area contributed by atoms with Gasteiger partial charge < -0.3 is 35.3 Å². The van der Waals surface area contributed by atoms with Crippen LogP contribution in [-0.4, -0.2) is 78.4 Å². The zero-order chi connectivity index (χ0) is 30.5. The fourth-order valence-corrected chi connectivity index (χ4v) is 5.29. The first-order chi connectivity index (χ1) is 20.3. The molecule has 0 atom stereocenters. The number of hydrogen-bond acceptors (Lipinski definition) is 13.